The van der Waals surface area contributed by atoms with Crippen LogP contribution in [-0.4, -0.2) is 74.6 Å². The van der Waals surface area contributed by atoms with Crippen LogP contribution >= 0.6 is 24.8 Å². The van der Waals surface area contributed by atoms with E-state index in [1.807, 2.05) is 25.1 Å². The quantitative estimate of drug-likeness (QED) is 0.725. The molecule has 1 atom stereocenters. The third-order valence-corrected chi connectivity index (χ3v) is 7.04. The molecule has 0 spiro atoms. The van der Waals surface area contributed by atoms with Crippen molar-refractivity contribution in [1.82, 2.24) is 9.21 Å². The van der Waals surface area contributed by atoms with Crippen LogP contribution in [0.2, 0.25) is 0 Å². The zero-order valence-electron chi connectivity index (χ0n) is 16.1. The number of hydrogen-bond donors (Lipinski definition) is 1. The SMILES string of the molecule is Cc1cccc(N2CCN(S(=O)(=O)CC(=O)N3CCCC3CN)CC2)c1.Cl.Cl. The molecule has 7 nitrogen and oxygen atoms in total. The number of piperazine rings is 1. The summed E-state index contributed by atoms with van der Waals surface area (Å²) < 4.78 is 26.8. The monoisotopic (exact) mass is 452 g/mol. The summed E-state index contributed by atoms with van der Waals surface area (Å²) in [7, 11) is -3.59. The summed E-state index contributed by atoms with van der Waals surface area (Å²) in [6.45, 7) is 5.12. The van der Waals surface area contributed by atoms with Crippen LogP contribution in [0, 0.1) is 6.92 Å². The Labute approximate surface area is 180 Å². The minimum absolute atomic E-state index is 0. The van der Waals surface area contributed by atoms with Crippen molar-refractivity contribution in [2.75, 3.05) is 49.9 Å². The Morgan fingerprint density at radius 1 is 1.14 bits per heavy atom. The molecule has 28 heavy (non-hydrogen) atoms. The highest BCUT2D eigenvalue weighted by atomic mass is 35.5. The highest BCUT2D eigenvalue weighted by molar-refractivity contribution is 7.89. The fourth-order valence-electron chi connectivity index (χ4n) is 3.79. The van der Waals surface area contributed by atoms with E-state index in [4.69, 9.17) is 5.73 Å². The van der Waals surface area contributed by atoms with Gasteiger partial charge in [-0.15, -0.1) is 24.8 Å². The Hall–Kier alpha value is -1.06. The van der Waals surface area contributed by atoms with E-state index in [0.717, 1.165) is 18.5 Å². The van der Waals surface area contributed by atoms with Gasteiger partial charge in [-0.2, -0.15) is 4.31 Å². The van der Waals surface area contributed by atoms with Crippen LogP contribution in [0.4, 0.5) is 5.69 Å². The van der Waals surface area contributed by atoms with E-state index in [1.165, 1.54) is 9.87 Å². The van der Waals surface area contributed by atoms with Crippen molar-refractivity contribution in [1.29, 1.82) is 0 Å². The maximum atomic E-state index is 12.7. The lowest BCUT2D eigenvalue weighted by Gasteiger charge is -2.35. The van der Waals surface area contributed by atoms with Gasteiger partial charge in [-0.1, -0.05) is 12.1 Å². The van der Waals surface area contributed by atoms with E-state index in [0.29, 0.717) is 39.3 Å². The van der Waals surface area contributed by atoms with Crippen molar-refractivity contribution in [3.63, 3.8) is 0 Å². The van der Waals surface area contributed by atoms with Crippen molar-refractivity contribution in [3.05, 3.63) is 29.8 Å². The van der Waals surface area contributed by atoms with Gasteiger partial charge in [0.05, 0.1) is 0 Å². The minimum Gasteiger partial charge on any atom is -0.369 e. The Morgan fingerprint density at radius 3 is 2.43 bits per heavy atom. The molecule has 0 bridgehead atoms. The van der Waals surface area contributed by atoms with Crippen LogP contribution in [0.15, 0.2) is 24.3 Å². The maximum absolute atomic E-state index is 12.7. The fourth-order valence-corrected chi connectivity index (χ4v) is 5.17. The Bertz CT molecular complexity index is 755. The first-order chi connectivity index (χ1) is 12.4. The standard InChI is InChI=1S/C18H28N4O3S.2ClH/c1-15-4-2-5-16(12-15)20-8-10-21(11-9-20)26(24,25)14-18(23)22-7-3-6-17(22)13-19;;/h2,4-5,12,17H,3,6-11,13-14,19H2,1H3;2*1H. The molecule has 2 saturated heterocycles. The third-order valence-electron chi connectivity index (χ3n) is 5.27. The van der Waals surface area contributed by atoms with Gasteiger partial charge in [0.15, 0.2) is 0 Å². The van der Waals surface area contributed by atoms with E-state index in [1.54, 1.807) is 4.90 Å². The van der Waals surface area contributed by atoms with Gasteiger partial charge in [0.25, 0.3) is 0 Å². The van der Waals surface area contributed by atoms with Crippen molar-refractivity contribution in [2.24, 2.45) is 5.73 Å². The number of anilines is 1. The molecule has 2 aliphatic heterocycles. The normalized spacial score (nSPS) is 20.4. The Kier molecular flexibility index (Phi) is 9.49. The van der Waals surface area contributed by atoms with Gasteiger partial charge in [-0.05, 0) is 37.5 Å². The average molecular weight is 453 g/mol. The predicted octanol–water partition coefficient (Wildman–Crippen LogP) is 1.24. The number of halogens is 2. The van der Waals surface area contributed by atoms with E-state index in [2.05, 4.69) is 11.0 Å². The molecular weight excluding hydrogens is 423 g/mol. The number of carbonyl (C=O) groups excluding carboxylic acids is 1. The highest BCUT2D eigenvalue weighted by Crippen LogP contribution is 2.20. The molecule has 3 rings (SSSR count). The zero-order chi connectivity index (χ0) is 18.7. The van der Waals surface area contributed by atoms with Crippen molar-refractivity contribution < 1.29 is 13.2 Å². The van der Waals surface area contributed by atoms with Gasteiger partial charge < -0.3 is 15.5 Å². The lowest BCUT2D eigenvalue weighted by atomic mass is 10.2. The van der Waals surface area contributed by atoms with Crippen LogP contribution < -0.4 is 10.6 Å². The number of likely N-dealkylation sites (tertiary alicyclic amines) is 1. The summed E-state index contributed by atoms with van der Waals surface area (Å²) in [5.41, 5.74) is 7.99. The topological polar surface area (TPSA) is 87.0 Å². The van der Waals surface area contributed by atoms with Crippen LogP contribution in [0.25, 0.3) is 0 Å². The summed E-state index contributed by atoms with van der Waals surface area (Å²) >= 11 is 0. The second kappa shape index (κ2) is 10.6. The number of nitrogens with two attached hydrogens (primary N) is 1. The molecular formula is C18H30Cl2N4O3S. The third kappa shape index (κ3) is 5.73. The second-order valence-electron chi connectivity index (χ2n) is 7.10. The zero-order valence-corrected chi connectivity index (χ0v) is 18.6. The number of aryl methyl sites for hydroxylation is 1. The van der Waals surface area contributed by atoms with Crippen LogP contribution in [0.1, 0.15) is 18.4 Å². The molecule has 0 aliphatic carbocycles. The van der Waals surface area contributed by atoms with Crippen LogP contribution in [0.5, 0.6) is 0 Å². The van der Waals surface area contributed by atoms with E-state index in [-0.39, 0.29) is 36.8 Å². The number of hydrogen-bond acceptors (Lipinski definition) is 5. The summed E-state index contributed by atoms with van der Waals surface area (Å²) in [5.74, 6) is -0.771. The number of amides is 1. The molecule has 10 heteroatoms. The summed E-state index contributed by atoms with van der Waals surface area (Å²) in [6, 6.07) is 8.18. The van der Waals surface area contributed by atoms with Crippen molar-refractivity contribution in [2.45, 2.75) is 25.8 Å². The number of carbonyl (C=O) groups is 1. The lowest BCUT2D eigenvalue weighted by molar-refractivity contribution is -0.129. The highest BCUT2D eigenvalue weighted by Gasteiger charge is 2.34. The first-order valence-electron chi connectivity index (χ1n) is 9.19. The van der Waals surface area contributed by atoms with E-state index in [9.17, 15) is 13.2 Å². The molecule has 0 saturated carbocycles. The molecule has 1 unspecified atom stereocenters. The molecule has 2 N–H and O–H groups in total. The van der Waals surface area contributed by atoms with Gasteiger partial charge in [0.2, 0.25) is 15.9 Å². The first-order valence-corrected chi connectivity index (χ1v) is 10.8. The van der Waals surface area contributed by atoms with Crippen LogP contribution in [-0.2, 0) is 14.8 Å². The number of benzene rings is 1. The van der Waals surface area contributed by atoms with E-state index < -0.39 is 15.8 Å². The van der Waals surface area contributed by atoms with E-state index >= 15 is 0 Å². The molecule has 2 fully saturated rings. The first kappa shape index (κ1) is 25.0. The molecule has 2 aliphatic rings. The Balaban J connectivity index is 0.00000196. The minimum atomic E-state index is -3.59. The number of sulfonamides is 1. The summed E-state index contributed by atoms with van der Waals surface area (Å²) in [6.07, 6.45) is 1.75. The molecule has 1 amide bonds. The molecule has 1 aromatic carbocycles. The average Bonchev–Trinajstić information content (AvgIpc) is 3.10. The summed E-state index contributed by atoms with van der Waals surface area (Å²) in [5, 5.41) is 0. The van der Waals surface area contributed by atoms with Crippen molar-refractivity contribution in [3.8, 4) is 0 Å². The summed E-state index contributed by atoms with van der Waals surface area (Å²) in [4.78, 5) is 16.3. The van der Waals surface area contributed by atoms with Gasteiger partial charge in [0.1, 0.15) is 5.75 Å². The number of nitrogens with zero attached hydrogens (tertiary/aromatic N) is 3. The molecule has 2 heterocycles. The van der Waals surface area contributed by atoms with Gasteiger partial charge >= 0.3 is 0 Å². The van der Waals surface area contributed by atoms with Gasteiger partial charge in [0, 0.05) is 51.0 Å². The number of rotatable bonds is 5. The predicted molar refractivity (Wildman–Crippen MR) is 117 cm³/mol. The fraction of sp³-hybridized carbons (Fsp3) is 0.611. The smallest absolute Gasteiger partial charge is 0.239 e. The molecule has 160 valence electrons. The molecule has 0 aromatic heterocycles. The van der Waals surface area contributed by atoms with Gasteiger partial charge in [-0.25, -0.2) is 8.42 Å². The maximum Gasteiger partial charge on any atom is 0.239 e. The molecule has 0 radical (unpaired) electrons. The molecule has 1 aromatic rings. The van der Waals surface area contributed by atoms with Crippen molar-refractivity contribution >= 4 is 46.4 Å². The largest absolute Gasteiger partial charge is 0.369 e. The lowest BCUT2D eigenvalue weighted by Crippen LogP contribution is -2.51. The Morgan fingerprint density at radius 2 is 1.82 bits per heavy atom. The van der Waals surface area contributed by atoms with Gasteiger partial charge in [-0.3, -0.25) is 4.79 Å². The second-order valence-corrected chi connectivity index (χ2v) is 9.07. The van der Waals surface area contributed by atoms with Crippen LogP contribution in [0.3, 0.4) is 0 Å².